The van der Waals surface area contributed by atoms with Gasteiger partial charge in [0.05, 0.1) is 13.0 Å². The molecule has 1 aromatic heterocycles. The maximum atomic E-state index is 12.1. The second kappa shape index (κ2) is 8.49. The molecule has 0 radical (unpaired) electrons. The zero-order chi connectivity index (χ0) is 16.8. The summed E-state index contributed by atoms with van der Waals surface area (Å²) < 4.78 is 0.561. The molecule has 0 bridgehead atoms. The van der Waals surface area contributed by atoms with E-state index in [9.17, 15) is 4.79 Å². The largest absolute Gasteiger partial charge is 0.380 e. The van der Waals surface area contributed by atoms with Gasteiger partial charge in [-0.3, -0.25) is 4.79 Å². The summed E-state index contributed by atoms with van der Waals surface area (Å²) in [7, 11) is 0. The summed E-state index contributed by atoms with van der Waals surface area (Å²) in [6.07, 6.45) is 8.23. The van der Waals surface area contributed by atoms with E-state index < -0.39 is 0 Å². The number of rotatable bonds is 6. The molecule has 1 saturated carbocycles. The first kappa shape index (κ1) is 17.2. The highest BCUT2D eigenvalue weighted by Crippen LogP contribution is 2.20. The van der Waals surface area contributed by atoms with Crippen molar-refractivity contribution in [3.05, 3.63) is 45.4 Å². The number of carbonyl (C=O) groups is 1. The summed E-state index contributed by atoms with van der Waals surface area (Å²) in [5, 5.41) is 6.49. The van der Waals surface area contributed by atoms with Gasteiger partial charge >= 0.3 is 0 Å². The van der Waals surface area contributed by atoms with E-state index >= 15 is 0 Å². The number of aromatic nitrogens is 1. The van der Waals surface area contributed by atoms with Gasteiger partial charge in [-0.2, -0.15) is 0 Å². The first-order chi connectivity index (χ1) is 11.7. The Morgan fingerprint density at radius 2 is 1.96 bits per heavy atom. The zero-order valence-electron chi connectivity index (χ0n) is 13.6. The quantitative estimate of drug-likeness (QED) is 0.799. The molecule has 1 amide bonds. The van der Waals surface area contributed by atoms with E-state index in [0.29, 0.717) is 23.5 Å². The molecular formula is C18H22ClN3OS. The van der Waals surface area contributed by atoms with E-state index in [-0.39, 0.29) is 5.91 Å². The third-order valence-corrected chi connectivity index (χ3v) is 5.40. The summed E-state index contributed by atoms with van der Waals surface area (Å²) in [6, 6.07) is 8.39. The molecule has 0 aliphatic heterocycles. The fourth-order valence-electron chi connectivity index (χ4n) is 3.01. The molecule has 0 spiro atoms. The van der Waals surface area contributed by atoms with Crippen LogP contribution < -0.4 is 10.6 Å². The minimum atomic E-state index is 0.127. The first-order valence-corrected chi connectivity index (χ1v) is 9.61. The van der Waals surface area contributed by atoms with Crippen molar-refractivity contribution in [3.8, 4) is 0 Å². The van der Waals surface area contributed by atoms with Crippen molar-refractivity contribution in [1.29, 1.82) is 0 Å². The van der Waals surface area contributed by atoms with Crippen molar-refractivity contribution in [3.63, 3.8) is 0 Å². The molecule has 6 heteroatoms. The van der Waals surface area contributed by atoms with Gasteiger partial charge in [0.2, 0.25) is 5.91 Å². The van der Waals surface area contributed by atoms with Gasteiger partial charge < -0.3 is 10.6 Å². The van der Waals surface area contributed by atoms with Gasteiger partial charge in [0, 0.05) is 22.8 Å². The Morgan fingerprint density at radius 3 is 2.62 bits per heavy atom. The number of anilines is 1. The molecular weight excluding hydrogens is 342 g/mol. The molecule has 4 nitrogen and oxygen atoms in total. The Kier molecular flexibility index (Phi) is 6.10. The molecule has 24 heavy (non-hydrogen) atoms. The van der Waals surface area contributed by atoms with Gasteiger partial charge in [-0.15, -0.1) is 11.3 Å². The number of nitrogens with one attached hydrogen (secondary N) is 2. The summed E-state index contributed by atoms with van der Waals surface area (Å²) >= 11 is 7.30. The van der Waals surface area contributed by atoms with Crippen molar-refractivity contribution in [2.24, 2.45) is 0 Å². The van der Waals surface area contributed by atoms with Crippen LogP contribution in [0.1, 0.15) is 42.5 Å². The molecule has 128 valence electrons. The van der Waals surface area contributed by atoms with Gasteiger partial charge in [-0.1, -0.05) is 43.0 Å². The second-order valence-electron chi connectivity index (χ2n) is 6.21. The van der Waals surface area contributed by atoms with Gasteiger partial charge in [-0.25, -0.2) is 4.98 Å². The third-order valence-electron chi connectivity index (χ3n) is 4.28. The average molecular weight is 364 g/mol. The minimum absolute atomic E-state index is 0.127. The molecule has 1 heterocycles. The van der Waals surface area contributed by atoms with Gasteiger partial charge in [0.25, 0.3) is 0 Å². The van der Waals surface area contributed by atoms with E-state index in [1.807, 2.05) is 24.3 Å². The lowest BCUT2D eigenvalue weighted by atomic mass is 9.95. The predicted molar refractivity (Wildman–Crippen MR) is 99.6 cm³/mol. The molecule has 1 fully saturated rings. The van der Waals surface area contributed by atoms with Crippen LogP contribution in [0.2, 0.25) is 4.47 Å². The highest BCUT2D eigenvalue weighted by atomic mass is 35.5. The van der Waals surface area contributed by atoms with E-state index in [0.717, 1.165) is 29.0 Å². The molecule has 2 N–H and O–H groups in total. The van der Waals surface area contributed by atoms with Crippen LogP contribution in [0, 0.1) is 0 Å². The van der Waals surface area contributed by atoms with Crippen molar-refractivity contribution in [2.45, 2.75) is 51.1 Å². The van der Waals surface area contributed by atoms with Crippen LogP contribution in [0.3, 0.4) is 0 Å². The Hall–Kier alpha value is -1.59. The Labute approximate surface area is 151 Å². The molecule has 0 saturated heterocycles. The van der Waals surface area contributed by atoms with Gasteiger partial charge in [0.15, 0.2) is 4.47 Å². The first-order valence-electron chi connectivity index (χ1n) is 8.41. The van der Waals surface area contributed by atoms with Crippen LogP contribution in [0.4, 0.5) is 5.69 Å². The molecule has 1 aliphatic rings. The number of nitrogens with zero attached hydrogens (tertiary/aromatic N) is 1. The maximum absolute atomic E-state index is 12.1. The molecule has 1 aromatic carbocycles. The fourth-order valence-corrected chi connectivity index (χ4v) is 3.92. The fraction of sp³-hybridized carbons (Fsp3) is 0.444. The number of carbonyl (C=O) groups excluding carboxylic acids is 1. The van der Waals surface area contributed by atoms with Crippen molar-refractivity contribution in [1.82, 2.24) is 10.3 Å². The highest BCUT2D eigenvalue weighted by Gasteiger charge is 2.15. The number of amides is 1. The summed E-state index contributed by atoms with van der Waals surface area (Å²) in [4.78, 5) is 17.3. The van der Waals surface area contributed by atoms with Crippen LogP contribution in [-0.2, 0) is 17.8 Å². The maximum Gasteiger partial charge on any atom is 0.224 e. The van der Waals surface area contributed by atoms with E-state index in [4.69, 9.17) is 11.6 Å². The topological polar surface area (TPSA) is 54.0 Å². The smallest absolute Gasteiger partial charge is 0.224 e. The third kappa shape index (κ3) is 5.21. The van der Waals surface area contributed by atoms with Crippen LogP contribution in [-0.4, -0.2) is 16.9 Å². The van der Waals surface area contributed by atoms with Crippen molar-refractivity contribution < 1.29 is 4.79 Å². The van der Waals surface area contributed by atoms with Crippen LogP contribution >= 0.6 is 22.9 Å². The number of benzene rings is 1. The van der Waals surface area contributed by atoms with Gasteiger partial charge in [0.1, 0.15) is 0 Å². The average Bonchev–Trinajstić information content (AvgIpc) is 3.00. The molecule has 1 aliphatic carbocycles. The van der Waals surface area contributed by atoms with E-state index in [1.165, 1.54) is 30.6 Å². The Morgan fingerprint density at radius 1 is 1.21 bits per heavy atom. The molecule has 0 unspecified atom stereocenters. The number of halogens is 1. The van der Waals surface area contributed by atoms with Crippen LogP contribution in [0.5, 0.6) is 0 Å². The highest BCUT2D eigenvalue weighted by molar-refractivity contribution is 7.15. The molecule has 0 atom stereocenters. The summed E-state index contributed by atoms with van der Waals surface area (Å²) in [5.74, 6) is 0.127. The lowest BCUT2D eigenvalue weighted by Gasteiger charge is -2.22. The Balaban J connectivity index is 1.46. The second-order valence-corrected chi connectivity index (χ2v) is 7.91. The molecule has 3 rings (SSSR count). The lowest BCUT2D eigenvalue weighted by molar-refractivity contribution is -0.121. The lowest BCUT2D eigenvalue weighted by Crippen LogP contribution is -2.37. The normalized spacial score (nSPS) is 15.2. The minimum Gasteiger partial charge on any atom is -0.380 e. The molecule has 2 aromatic rings. The number of hydrogen-bond acceptors (Lipinski definition) is 4. The predicted octanol–water partition coefficient (Wildman–Crippen LogP) is 4.40. The van der Waals surface area contributed by atoms with E-state index in [2.05, 4.69) is 15.6 Å². The van der Waals surface area contributed by atoms with E-state index in [1.54, 1.807) is 6.20 Å². The standard InChI is InChI=1S/C18H22ClN3OS/c19-18-21-12-16(24-18)11-20-14-8-6-13(7-9-14)10-17(23)22-15-4-2-1-3-5-15/h6-9,12,15,20H,1-5,10-11H2,(H,22,23). The Bertz CT molecular complexity index is 665. The van der Waals surface area contributed by atoms with Gasteiger partial charge in [-0.05, 0) is 30.5 Å². The van der Waals surface area contributed by atoms with Crippen LogP contribution in [0.15, 0.2) is 30.5 Å². The number of thiazole rings is 1. The van der Waals surface area contributed by atoms with Crippen LogP contribution in [0.25, 0.3) is 0 Å². The summed E-state index contributed by atoms with van der Waals surface area (Å²) in [5.41, 5.74) is 2.06. The SMILES string of the molecule is O=C(Cc1ccc(NCc2cnc(Cl)s2)cc1)NC1CCCCC1. The summed E-state index contributed by atoms with van der Waals surface area (Å²) in [6.45, 7) is 0.700. The van der Waals surface area contributed by atoms with Crippen molar-refractivity contribution >= 4 is 34.5 Å². The monoisotopic (exact) mass is 363 g/mol. The van der Waals surface area contributed by atoms with Crippen molar-refractivity contribution in [2.75, 3.05) is 5.32 Å². The number of hydrogen-bond donors (Lipinski definition) is 2. The zero-order valence-corrected chi connectivity index (χ0v) is 15.1.